The predicted molar refractivity (Wildman–Crippen MR) is 160 cm³/mol. The van der Waals surface area contributed by atoms with Gasteiger partial charge in [-0.05, 0) is 70.4 Å². The number of nitrogens with zero attached hydrogens (tertiary/aromatic N) is 4. The van der Waals surface area contributed by atoms with Crippen molar-refractivity contribution in [3.8, 4) is 11.4 Å². The van der Waals surface area contributed by atoms with Crippen LogP contribution in [0.5, 0.6) is 5.75 Å². The fourth-order valence-electron chi connectivity index (χ4n) is 4.94. The first-order valence-electron chi connectivity index (χ1n) is 13.8. The van der Waals surface area contributed by atoms with Crippen LogP contribution in [0.4, 0.5) is 10.5 Å². The Labute approximate surface area is 251 Å². The Hall–Kier alpha value is -4.05. The number of fused-ring (bicyclic) bond motifs is 1. The maximum Gasteiger partial charge on any atom is 0.410 e. The van der Waals surface area contributed by atoms with E-state index in [1.165, 1.54) is 4.68 Å². The van der Waals surface area contributed by atoms with Gasteiger partial charge >= 0.3 is 12.1 Å². The molecule has 2 aromatic carbocycles. The molecule has 0 saturated heterocycles. The van der Waals surface area contributed by atoms with Gasteiger partial charge in [0.25, 0.3) is 0 Å². The van der Waals surface area contributed by atoms with Crippen LogP contribution in [0.1, 0.15) is 65.4 Å². The third kappa shape index (κ3) is 6.87. The van der Waals surface area contributed by atoms with E-state index in [2.05, 4.69) is 5.10 Å². The van der Waals surface area contributed by atoms with Crippen molar-refractivity contribution in [2.24, 2.45) is 0 Å². The second-order valence-electron chi connectivity index (χ2n) is 11.1. The molecule has 224 valence electrons. The second kappa shape index (κ2) is 12.9. The smallest absolute Gasteiger partial charge is 0.410 e. The van der Waals surface area contributed by atoms with Crippen molar-refractivity contribution in [3.63, 3.8) is 0 Å². The lowest BCUT2D eigenvalue weighted by Gasteiger charge is -2.33. The van der Waals surface area contributed by atoms with E-state index in [4.69, 9.17) is 25.8 Å². The first kappa shape index (κ1) is 30.9. The summed E-state index contributed by atoms with van der Waals surface area (Å²) in [5, 5.41) is 4.94. The monoisotopic (exact) mass is 596 g/mol. The summed E-state index contributed by atoms with van der Waals surface area (Å²) in [5.74, 6) is 0.143. The highest BCUT2D eigenvalue weighted by atomic mass is 35.5. The molecule has 0 aliphatic carbocycles. The SMILES string of the molecule is CCOC(=O)c1nn(-c2cccc(Cl)c2)c(C=O)c1CCN(C)c1cc2c(c(OC)c1)CCN(C(=O)OC(C)(C)C)C2. The summed E-state index contributed by atoms with van der Waals surface area (Å²) in [7, 11) is 3.55. The van der Waals surface area contributed by atoms with Crippen molar-refractivity contribution in [1.29, 1.82) is 0 Å². The molecule has 0 spiro atoms. The van der Waals surface area contributed by atoms with Crippen molar-refractivity contribution < 1.29 is 28.6 Å². The number of aldehydes is 1. The molecular weight excluding hydrogens is 560 g/mol. The molecule has 3 aromatic rings. The zero-order chi connectivity index (χ0) is 30.6. The van der Waals surface area contributed by atoms with Crippen LogP contribution in [-0.2, 0) is 28.9 Å². The third-order valence-corrected chi connectivity index (χ3v) is 7.18. The molecule has 42 heavy (non-hydrogen) atoms. The fraction of sp³-hybridized carbons (Fsp3) is 0.419. The van der Waals surface area contributed by atoms with E-state index >= 15 is 0 Å². The number of carbonyl (C=O) groups is 3. The number of likely N-dealkylation sites (N-methyl/N-ethyl adjacent to an activating group) is 1. The summed E-state index contributed by atoms with van der Waals surface area (Å²) < 4.78 is 18.0. The highest BCUT2D eigenvalue weighted by Crippen LogP contribution is 2.34. The maximum absolute atomic E-state index is 12.9. The average molecular weight is 597 g/mol. The molecule has 0 saturated carbocycles. The highest BCUT2D eigenvalue weighted by molar-refractivity contribution is 6.30. The Morgan fingerprint density at radius 2 is 1.95 bits per heavy atom. The van der Waals surface area contributed by atoms with Crippen LogP contribution < -0.4 is 9.64 Å². The van der Waals surface area contributed by atoms with Gasteiger partial charge < -0.3 is 24.0 Å². The molecule has 2 heterocycles. The van der Waals surface area contributed by atoms with Crippen LogP contribution in [0.3, 0.4) is 0 Å². The van der Waals surface area contributed by atoms with Gasteiger partial charge in [-0.3, -0.25) is 4.79 Å². The Kier molecular flexibility index (Phi) is 9.46. The number of anilines is 1. The van der Waals surface area contributed by atoms with Crippen molar-refractivity contribution in [3.05, 3.63) is 69.5 Å². The molecule has 0 radical (unpaired) electrons. The molecule has 0 atom stereocenters. The Morgan fingerprint density at radius 3 is 2.60 bits per heavy atom. The van der Waals surface area contributed by atoms with Crippen LogP contribution >= 0.6 is 11.6 Å². The lowest BCUT2D eigenvalue weighted by molar-refractivity contribution is 0.0222. The number of hydrogen-bond acceptors (Lipinski definition) is 8. The van der Waals surface area contributed by atoms with E-state index in [-0.39, 0.29) is 24.1 Å². The van der Waals surface area contributed by atoms with Crippen molar-refractivity contribution >= 4 is 35.6 Å². The summed E-state index contributed by atoms with van der Waals surface area (Å²) >= 11 is 6.18. The Balaban J connectivity index is 1.62. The number of benzene rings is 2. The van der Waals surface area contributed by atoms with Crippen LogP contribution in [-0.4, -0.2) is 72.5 Å². The van der Waals surface area contributed by atoms with Gasteiger partial charge in [0.1, 0.15) is 17.0 Å². The number of amides is 1. The fourth-order valence-corrected chi connectivity index (χ4v) is 5.12. The molecule has 0 unspecified atom stereocenters. The molecule has 1 aliphatic rings. The minimum absolute atomic E-state index is 0.0864. The summed E-state index contributed by atoms with van der Waals surface area (Å²) in [6.45, 7) is 8.82. The van der Waals surface area contributed by atoms with Gasteiger partial charge in [0.15, 0.2) is 12.0 Å². The van der Waals surface area contributed by atoms with Gasteiger partial charge in [-0.2, -0.15) is 5.10 Å². The lowest BCUT2D eigenvalue weighted by atomic mass is 9.97. The standard InChI is InChI=1S/C31H37ClN4O6/c1-7-41-29(38)28-25(26(19-37)36(33-28)22-10-8-9-21(32)16-22)11-13-34(5)23-15-20-18-35(30(39)42-31(2,3)4)14-12-24(20)27(17-23)40-6/h8-10,15-17,19H,7,11-14,18H2,1-6H3. The lowest BCUT2D eigenvalue weighted by Crippen LogP contribution is -2.40. The van der Waals surface area contributed by atoms with Gasteiger partial charge in [-0.1, -0.05) is 17.7 Å². The molecular formula is C31H37ClN4O6. The highest BCUT2D eigenvalue weighted by Gasteiger charge is 2.29. The number of hydrogen-bond donors (Lipinski definition) is 0. The Morgan fingerprint density at radius 1 is 1.19 bits per heavy atom. The van der Waals surface area contributed by atoms with E-state index in [0.717, 1.165) is 22.6 Å². The van der Waals surface area contributed by atoms with E-state index in [9.17, 15) is 14.4 Å². The van der Waals surface area contributed by atoms with Gasteiger partial charge in [0.05, 0.1) is 19.4 Å². The summed E-state index contributed by atoms with van der Waals surface area (Å²) in [4.78, 5) is 41.6. The van der Waals surface area contributed by atoms with Crippen molar-refractivity contribution in [1.82, 2.24) is 14.7 Å². The third-order valence-electron chi connectivity index (χ3n) is 6.95. The summed E-state index contributed by atoms with van der Waals surface area (Å²) in [6, 6.07) is 10.9. The van der Waals surface area contributed by atoms with Crippen molar-refractivity contribution in [2.45, 2.75) is 52.7 Å². The molecule has 1 amide bonds. The number of methoxy groups -OCH3 is 1. The predicted octanol–water partition coefficient (Wildman–Crippen LogP) is 5.50. The molecule has 0 N–H and O–H groups in total. The van der Waals surface area contributed by atoms with E-state index in [1.54, 1.807) is 43.2 Å². The van der Waals surface area contributed by atoms with Crippen LogP contribution in [0, 0.1) is 0 Å². The topological polar surface area (TPSA) is 103 Å². The Bertz CT molecular complexity index is 1480. The van der Waals surface area contributed by atoms with Gasteiger partial charge in [0, 0.05) is 54.6 Å². The average Bonchev–Trinajstić information content (AvgIpc) is 3.32. The minimum Gasteiger partial charge on any atom is -0.496 e. The molecule has 10 nitrogen and oxygen atoms in total. The van der Waals surface area contributed by atoms with Crippen LogP contribution in [0.25, 0.3) is 5.69 Å². The normalized spacial score (nSPS) is 12.9. The van der Waals surface area contributed by atoms with E-state index < -0.39 is 11.6 Å². The number of carbonyl (C=O) groups excluding carboxylic acids is 3. The number of ether oxygens (including phenoxy) is 3. The number of esters is 1. The first-order chi connectivity index (χ1) is 19.9. The minimum atomic E-state index is -0.600. The maximum atomic E-state index is 12.9. The zero-order valence-electron chi connectivity index (χ0n) is 24.9. The number of aromatic nitrogens is 2. The molecule has 0 fully saturated rings. The molecule has 0 bridgehead atoms. The van der Waals surface area contributed by atoms with Crippen molar-refractivity contribution in [2.75, 3.05) is 38.8 Å². The molecule has 1 aliphatic heterocycles. The zero-order valence-corrected chi connectivity index (χ0v) is 25.7. The summed E-state index contributed by atoms with van der Waals surface area (Å²) in [5.41, 5.74) is 3.70. The van der Waals surface area contributed by atoms with E-state index in [0.29, 0.717) is 55.0 Å². The second-order valence-corrected chi connectivity index (χ2v) is 11.5. The number of rotatable bonds is 9. The van der Waals surface area contributed by atoms with E-state index in [1.807, 2.05) is 44.9 Å². The van der Waals surface area contributed by atoms with Gasteiger partial charge in [-0.15, -0.1) is 0 Å². The van der Waals surface area contributed by atoms with Crippen LogP contribution in [0.2, 0.25) is 5.02 Å². The molecule has 4 rings (SSSR count). The van der Waals surface area contributed by atoms with Gasteiger partial charge in [-0.25, -0.2) is 14.3 Å². The van der Waals surface area contributed by atoms with Crippen LogP contribution in [0.15, 0.2) is 36.4 Å². The molecule has 1 aromatic heterocycles. The first-order valence-corrected chi connectivity index (χ1v) is 14.2. The van der Waals surface area contributed by atoms with Gasteiger partial charge in [0.2, 0.25) is 0 Å². The quantitative estimate of drug-likeness (QED) is 0.236. The summed E-state index contributed by atoms with van der Waals surface area (Å²) in [6.07, 6.45) is 1.33. The number of halogens is 1. The largest absolute Gasteiger partial charge is 0.496 e. The molecule has 11 heteroatoms.